The summed E-state index contributed by atoms with van der Waals surface area (Å²) in [6.45, 7) is 3.35. The summed E-state index contributed by atoms with van der Waals surface area (Å²) in [5.74, 6) is 0.886. The van der Waals surface area contributed by atoms with E-state index in [1.165, 1.54) is 12.8 Å². The van der Waals surface area contributed by atoms with Crippen LogP contribution in [0, 0.1) is 0 Å². The second-order valence-electron chi connectivity index (χ2n) is 4.54. The van der Waals surface area contributed by atoms with Gasteiger partial charge in [-0.2, -0.15) is 0 Å². The molecule has 2 N–H and O–H groups in total. The fourth-order valence-corrected chi connectivity index (χ4v) is 2.08. The number of hydrogen-bond donors (Lipinski definition) is 2. The Balaban J connectivity index is 1.72. The van der Waals surface area contributed by atoms with Crippen LogP contribution < -0.4 is 15.4 Å². The van der Waals surface area contributed by atoms with Crippen molar-refractivity contribution in [3.05, 3.63) is 24.3 Å². The summed E-state index contributed by atoms with van der Waals surface area (Å²) in [6, 6.07) is 8.69. The first-order valence-electron chi connectivity index (χ1n) is 6.57. The highest BCUT2D eigenvalue weighted by Crippen LogP contribution is 2.16. The smallest absolute Gasteiger partial charge is 0.119 e. The zero-order valence-corrected chi connectivity index (χ0v) is 10.9. The average molecular weight is 250 g/mol. The van der Waals surface area contributed by atoms with Crippen molar-refractivity contribution in [2.75, 3.05) is 38.7 Å². The minimum absolute atomic E-state index is 0.593. The third-order valence-corrected chi connectivity index (χ3v) is 3.13. The lowest BCUT2D eigenvalue weighted by Gasteiger charge is -2.13. The molecule has 1 fully saturated rings. The molecule has 1 heterocycles. The van der Waals surface area contributed by atoms with Crippen molar-refractivity contribution in [2.24, 2.45) is 0 Å². The Kier molecular flexibility index (Phi) is 5.30. The fourth-order valence-electron chi connectivity index (χ4n) is 2.08. The molecule has 1 aliphatic rings. The van der Waals surface area contributed by atoms with Crippen LogP contribution in [-0.4, -0.2) is 39.5 Å². The standard InChI is InChI=1S/C14H22N2O2/c1-17-9-10-18-14-6-4-12(5-7-14)16-11-13-3-2-8-15-13/h4-7,13,15-16H,2-3,8-11H2,1H3. The van der Waals surface area contributed by atoms with Crippen molar-refractivity contribution in [1.29, 1.82) is 0 Å². The summed E-state index contributed by atoms with van der Waals surface area (Å²) in [5, 5.41) is 6.91. The third kappa shape index (κ3) is 4.20. The second kappa shape index (κ2) is 7.24. The maximum absolute atomic E-state index is 5.51. The van der Waals surface area contributed by atoms with Crippen LogP contribution in [0.5, 0.6) is 5.75 Å². The molecule has 18 heavy (non-hydrogen) atoms. The summed E-state index contributed by atoms with van der Waals surface area (Å²) in [7, 11) is 1.67. The summed E-state index contributed by atoms with van der Waals surface area (Å²) < 4.78 is 10.5. The monoisotopic (exact) mass is 250 g/mol. The molecule has 0 aromatic heterocycles. The second-order valence-corrected chi connectivity index (χ2v) is 4.54. The summed E-state index contributed by atoms with van der Waals surface area (Å²) in [4.78, 5) is 0. The van der Waals surface area contributed by atoms with Gasteiger partial charge in [0.05, 0.1) is 6.61 Å². The van der Waals surface area contributed by atoms with Gasteiger partial charge in [0.1, 0.15) is 12.4 Å². The van der Waals surface area contributed by atoms with Gasteiger partial charge in [0.15, 0.2) is 0 Å². The Morgan fingerprint density at radius 3 is 2.78 bits per heavy atom. The molecule has 0 aliphatic carbocycles. The van der Waals surface area contributed by atoms with Gasteiger partial charge in [-0.15, -0.1) is 0 Å². The normalized spacial score (nSPS) is 18.8. The molecule has 0 bridgehead atoms. The highest BCUT2D eigenvalue weighted by Gasteiger charge is 2.12. The zero-order valence-electron chi connectivity index (χ0n) is 10.9. The van der Waals surface area contributed by atoms with Crippen molar-refractivity contribution < 1.29 is 9.47 Å². The van der Waals surface area contributed by atoms with Crippen LogP contribution in [0.3, 0.4) is 0 Å². The SMILES string of the molecule is COCCOc1ccc(NCC2CCCN2)cc1. The Morgan fingerprint density at radius 1 is 1.28 bits per heavy atom. The van der Waals surface area contributed by atoms with Gasteiger partial charge in [-0.25, -0.2) is 0 Å². The van der Waals surface area contributed by atoms with E-state index in [4.69, 9.17) is 9.47 Å². The van der Waals surface area contributed by atoms with E-state index >= 15 is 0 Å². The topological polar surface area (TPSA) is 42.5 Å². The molecule has 1 aromatic rings. The number of rotatable bonds is 7. The molecule has 0 spiro atoms. The van der Waals surface area contributed by atoms with E-state index < -0.39 is 0 Å². The van der Waals surface area contributed by atoms with Crippen molar-refractivity contribution in [3.8, 4) is 5.75 Å². The van der Waals surface area contributed by atoms with Gasteiger partial charge in [0, 0.05) is 25.4 Å². The van der Waals surface area contributed by atoms with E-state index in [0.29, 0.717) is 19.3 Å². The molecule has 4 nitrogen and oxygen atoms in total. The van der Waals surface area contributed by atoms with E-state index in [9.17, 15) is 0 Å². The minimum atomic E-state index is 0.593. The van der Waals surface area contributed by atoms with E-state index in [1.54, 1.807) is 7.11 Å². The molecule has 1 aliphatic heterocycles. The highest BCUT2D eigenvalue weighted by atomic mass is 16.5. The van der Waals surface area contributed by atoms with E-state index in [-0.39, 0.29) is 0 Å². The van der Waals surface area contributed by atoms with E-state index in [0.717, 1.165) is 24.5 Å². The zero-order chi connectivity index (χ0) is 12.6. The molecule has 4 heteroatoms. The quantitative estimate of drug-likeness (QED) is 0.725. The molecule has 2 rings (SSSR count). The lowest BCUT2D eigenvalue weighted by atomic mass is 10.2. The Hall–Kier alpha value is -1.26. The average Bonchev–Trinajstić information content (AvgIpc) is 2.91. The number of nitrogens with one attached hydrogen (secondary N) is 2. The Labute approximate surface area is 109 Å². The molecular formula is C14H22N2O2. The van der Waals surface area contributed by atoms with Crippen LogP contribution >= 0.6 is 0 Å². The minimum Gasteiger partial charge on any atom is -0.491 e. The van der Waals surface area contributed by atoms with Crippen LogP contribution in [0.4, 0.5) is 5.69 Å². The van der Waals surface area contributed by atoms with Gasteiger partial charge in [-0.05, 0) is 43.7 Å². The molecule has 0 saturated carbocycles. The van der Waals surface area contributed by atoms with Crippen LogP contribution in [0.1, 0.15) is 12.8 Å². The first kappa shape index (κ1) is 13.2. The van der Waals surface area contributed by atoms with Crippen molar-refractivity contribution in [1.82, 2.24) is 5.32 Å². The molecule has 1 saturated heterocycles. The van der Waals surface area contributed by atoms with Crippen LogP contribution in [0.25, 0.3) is 0 Å². The van der Waals surface area contributed by atoms with Crippen LogP contribution in [0.15, 0.2) is 24.3 Å². The highest BCUT2D eigenvalue weighted by molar-refractivity contribution is 5.46. The van der Waals surface area contributed by atoms with Crippen LogP contribution in [-0.2, 0) is 4.74 Å². The van der Waals surface area contributed by atoms with Crippen molar-refractivity contribution in [2.45, 2.75) is 18.9 Å². The van der Waals surface area contributed by atoms with Crippen molar-refractivity contribution in [3.63, 3.8) is 0 Å². The predicted octanol–water partition coefficient (Wildman–Crippen LogP) is 1.88. The third-order valence-electron chi connectivity index (χ3n) is 3.13. The largest absolute Gasteiger partial charge is 0.491 e. The number of ether oxygens (including phenoxy) is 2. The predicted molar refractivity (Wildman–Crippen MR) is 73.3 cm³/mol. The fraction of sp³-hybridized carbons (Fsp3) is 0.571. The van der Waals surface area contributed by atoms with E-state index in [2.05, 4.69) is 22.8 Å². The van der Waals surface area contributed by atoms with Crippen molar-refractivity contribution >= 4 is 5.69 Å². The number of methoxy groups -OCH3 is 1. The van der Waals surface area contributed by atoms with Gasteiger partial charge in [-0.3, -0.25) is 0 Å². The Bertz CT molecular complexity index is 334. The number of anilines is 1. The number of hydrogen-bond acceptors (Lipinski definition) is 4. The maximum Gasteiger partial charge on any atom is 0.119 e. The first-order chi connectivity index (χ1) is 8.88. The van der Waals surface area contributed by atoms with E-state index in [1.807, 2.05) is 12.1 Å². The molecule has 1 atom stereocenters. The molecular weight excluding hydrogens is 228 g/mol. The van der Waals surface area contributed by atoms with Gasteiger partial charge in [-0.1, -0.05) is 0 Å². The van der Waals surface area contributed by atoms with Gasteiger partial charge < -0.3 is 20.1 Å². The molecule has 0 amide bonds. The molecule has 1 aromatic carbocycles. The maximum atomic E-state index is 5.51. The van der Waals surface area contributed by atoms with Gasteiger partial charge >= 0.3 is 0 Å². The number of benzene rings is 1. The molecule has 0 radical (unpaired) electrons. The molecule has 100 valence electrons. The summed E-state index contributed by atoms with van der Waals surface area (Å²) >= 11 is 0. The van der Waals surface area contributed by atoms with Gasteiger partial charge in [0.2, 0.25) is 0 Å². The summed E-state index contributed by atoms with van der Waals surface area (Å²) in [6.07, 6.45) is 2.56. The first-order valence-corrected chi connectivity index (χ1v) is 6.57. The lowest BCUT2D eigenvalue weighted by Crippen LogP contribution is -2.29. The molecule has 1 unspecified atom stereocenters. The van der Waals surface area contributed by atoms with Crippen LogP contribution in [0.2, 0.25) is 0 Å². The van der Waals surface area contributed by atoms with Gasteiger partial charge in [0.25, 0.3) is 0 Å². The summed E-state index contributed by atoms with van der Waals surface area (Å²) in [5.41, 5.74) is 1.14. The Morgan fingerprint density at radius 2 is 2.11 bits per heavy atom. The lowest BCUT2D eigenvalue weighted by molar-refractivity contribution is 0.146.